The number of hydrogen-bond donors (Lipinski definition) is 2. The van der Waals surface area contributed by atoms with E-state index in [1.807, 2.05) is 32.0 Å². The van der Waals surface area contributed by atoms with Gasteiger partial charge in [0.1, 0.15) is 0 Å². The first-order valence-corrected chi connectivity index (χ1v) is 10.0. The highest BCUT2D eigenvalue weighted by Gasteiger charge is 2.25. The van der Waals surface area contributed by atoms with Crippen molar-refractivity contribution in [1.29, 1.82) is 0 Å². The third kappa shape index (κ3) is 4.64. The third-order valence-electron chi connectivity index (χ3n) is 5.19. The van der Waals surface area contributed by atoms with E-state index in [1.165, 1.54) is 0 Å². The number of ketones is 1. The van der Waals surface area contributed by atoms with Gasteiger partial charge in [-0.1, -0.05) is 32.0 Å². The molecule has 1 aliphatic heterocycles. The summed E-state index contributed by atoms with van der Waals surface area (Å²) in [6, 6.07) is 12.1. The zero-order valence-corrected chi connectivity index (χ0v) is 17.8. The van der Waals surface area contributed by atoms with Crippen molar-refractivity contribution in [2.45, 2.75) is 26.3 Å². The van der Waals surface area contributed by atoms with E-state index in [1.54, 1.807) is 44.6 Å². The molecule has 1 atom stereocenters. The van der Waals surface area contributed by atoms with Crippen LogP contribution in [0.3, 0.4) is 0 Å². The number of carbonyl (C=O) groups excluding carboxylic acids is 2. The molecular formula is C24H28N2O4. The zero-order valence-electron chi connectivity index (χ0n) is 17.8. The monoisotopic (exact) mass is 408 g/mol. The second kappa shape index (κ2) is 9.48. The Balaban J connectivity index is 1.88. The minimum Gasteiger partial charge on any atom is -0.493 e. The van der Waals surface area contributed by atoms with Gasteiger partial charge in [0.25, 0.3) is 5.91 Å². The van der Waals surface area contributed by atoms with Gasteiger partial charge in [0.15, 0.2) is 17.3 Å². The van der Waals surface area contributed by atoms with Crippen LogP contribution in [-0.2, 0) is 11.2 Å². The molecule has 2 aromatic carbocycles. The number of hydrogen-bond acceptors (Lipinski definition) is 5. The van der Waals surface area contributed by atoms with Gasteiger partial charge < -0.3 is 20.1 Å². The molecule has 0 unspecified atom stereocenters. The fourth-order valence-electron chi connectivity index (χ4n) is 3.55. The summed E-state index contributed by atoms with van der Waals surface area (Å²) in [5.74, 6) is 0.800. The van der Waals surface area contributed by atoms with E-state index in [0.717, 1.165) is 23.2 Å². The minimum absolute atomic E-state index is 0.0597. The van der Waals surface area contributed by atoms with Gasteiger partial charge in [-0.2, -0.15) is 0 Å². The smallest absolute Gasteiger partial charge is 0.251 e. The van der Waals surface area contributed by atoms with Crippen LogP contribution < -0.4 is 20.1 Å². The normalized spacial score (nSPS) is 15.2. The molecule has 0 fully saturated rings. The summed E-state index contributed by atoms with van der Waals surface area (Å²) in [5, 5.41) is 6.19. The standard InChI is InChI=1S/C24H28N2O4/c1-15(2)23(26-24(28)16-8-6-5-7-9-16)20(27)14-19-18-13-22(30-4)21(29-3)12-17(18)10-11-25-19/h5-9,12-15,23,25H,10-11H2,1-4H3,(H,26,28)/t23-/m1/s1. The zero-order chi connectivity index (χ0) is 21.7. The molecule has 0 radical (unpaired) electrons. The Morgan fingerprint density at radius 3 is 2.37 bits per heavy atom. The summed E-state index contributed by atoms with van der Waals surface area (Å²) in [5.41, 5.74) is 3.24. The molecule has 2 N–H and O–H groups in total. The summed E-state index contributed by atoms with van der Waals surface area (Å²) < 4.78 is 10.8. The van der Waals surface area contributed by atoms with Crippen LogP contribution in [0.15, 0.2) is 48.5 Å². The van der Waals surface area contributed by atoms with Crippen molar-refractivity contribution in [3.8, 4) is 11.5 Å². The number of fused-ring (bicyclic) bond motifs is 1. The average Bonchev–Trinajstić information content (AvgIpc) is 2.76. The Labute approximate surface area is 177 Å². The van der Waals surface area contributed by atoms with Crippen LogP contribution >= 0.6 is 0 Å². The minimum atomic E-state index is -0.627. The van der Waals surface area contributed by atoms with E-state index in [9.17, 15) is 9.59 Å². The van der Waals surface area contributed by atoms with E-state index in [4.69, 9.17) is 9.47 Å². The molecule has 0 aromatic heterocycles. The van der Waals surface area contributed by atoms with Gasteiger partial charge in [0.2, 0.25) is 0 Å². The highest BCUT2D eigenvalue weighted by Crippen LogP contribution is 2.34. The topological polar surface area (TPSA) is 76.7 Å². The van der Waals surface area contributed by atoms with E-state index >= 15 is 0 Å². The molecule has 0 spiro atoms. The number of carbonyl (C=O) groups is 2. The number of benzene rings is 2. The van der Waals surface area contributed by atoms with Crippen molar-refractivity contribution in [2.75, 3.05) is 20.8 Å². The molecule has 6 nitrogen and oxygen atoms in total. The predicted octanol–water partition coefficient (Wildman–Crippen LogP) is 3.21. The van der Waals surface area contributed by atoms with Crippen molar-refractivity contribution < 1.29 is 19.1 Å². The fourth-order valence-corrected chi connectivity index (χ4v) is 3.55. The number of methoxy groups -OCH3 is 2. The first-order valence-electron chi connectivity index (χ1n) is 10.0. The Kier molecular flexibility index (Phi) is 6.77. The largest absolute Gasteiger partial charge is 0.493 e. The second-order valence-corrected chi connectivity index (χ2v) is 7.56. The van der Waals surface area contributed by atoms with Gasteiger partial charge in [0.05, 0.1) is 20.3 Å². The Morgan fingerprint density at radius 1 is 1.07 bits per heavy atom. The molecular weight excluding hydrogens is 380 g/mol. The summed E-state index contributed by atoms with van der Waals surface area (Å²) in [6.45, 7) is 4.55. The lowest BCUT2D eigenvalue weighted by molar-refractivity contribution is -0.117. The van der Waals surface area contributed by atoms with Gasteiger partial charge >= 0.3 is 0 Å². The van der Waals surface area contributed by atoms with Crippen molar-refractivity contribution in [3.63, 3.8) is 0 Å². The highest BCUT2D eigenvalue weighted by molar-refractivity contribution is 6.04. The van der Waals surface area contributed by atoms with Crippen molar-refractivity contribution in [1.82, 2.24) is 10.6 Å². The van der Waals surface area contributed by atoms with Crippen LogP contribution in [0.25, 0.3) is 5.70 Å². The Hall–Kier alpha value is -3.28. The van der Waals surface area contributed by atoms with Crippen molar-refractivity contribution in [3.05, 3.63) is 65.2 Å². The van der Waals surface area contributed by atoms with Crippen LogP contribution in [0.5, 0.6) is 11.5 Å². The van der Waals surface area contributed by atoms with Gasteiger partial charge in [-0.25, -0.2) is 0 Å². The van der Waals surface area contributed by atoms with Crippen LogP contribution in [0.1, 0.15) is 35.3 Å². The first kappa shape index (κ1) is 21.4. The van der Waals surface area contributed by atoms with Crippen molar-refractivity contribution >= 4 is 17.4 Å². The molecule has 1 heterocycles. The molecule has 3 rings (SSSR count). The lowest BCUT2D eigenvalue weighted by atomic mass is 9.93. The van der Waals surface area contributed by atoms with Crippen LogP contribution in [-0.4, -0.2) is 38.5 Å². The molecule has 158 valence electrons. The highest BCUT2D eigenvalue weighted by atomic mass is 16.5. The molecule has 1 amide bonds. The van der Waals surface area contributed by atoms with Crippen LogP contribution in [0.4, 0.5) is 0 Å². The van der Waals surface area contributed by atoms with Crippen molar-refractivity contribution in [2.24, 2.45) is 5.92 Å². The van der Waals surface area contributed by atoms with E-state index in [-0.39, 0.29) is 17.6 Å². The maximum Gasteiger partial charge on any atom is 0.251 e. The van der Waals surface area contributed by atoms with Crippen LogP contribution in [0.2, 0.25) is 0 Å². The van der Waals surface area contributed by atoms with Gasteiger partial charge in [-0.15, -0.1) is 0 Å². The summed E-state index contributed by atoms with van der Waals surface area (Å²) in [6.07, 6.45) is 2.40. The van der Waals surface area contributed by atoms with Gasteiger partial charge in [-0.05, 0) is 42.2 Å². The summed E-state index contributed by atoms with van der Waals surface area (Å²) >= 11 is 0. The van der Waals surface area contributed by atoms with E-state index < -0.39 is 6.04 Å². The van der Waals surface area contributed by atoms with Gasteiger partial charge in [0, 0.05) is 29.4 Å². The van der Waals surface area contributed by atoms with E-state index in [0.29, 0.717) is 23.6 Å². The molecule has 30 heavy (non-hydrogen) atoms. The predicted molar refractivity (Wildman–Crippen MR) is 117 cm³/mol. The lowest BCUT2D eigenvalue weighted by Crippen LogP contribution is -2.44. The molecule has 6 heteroatoms. The van der Waals surface area contributed by atoms with Gasteiger partial charge in [-0.3, -0.25) is 9.59 Å². The number of amides is 1. The Bertz CT molecular complexity index is 951. The SMILES string of the molecule is COc1cc2c(cc1OC)C(=CC(=O)[C@H](NC(=O)c1ccccc1)C(C)C)NCC2. The summed E-state index contributed by atoms with van der Waals surface area (Å²) in [7, 11) is 3.19. The molecule has 0 saturated carbocycles. The number of nitrogens with one attached hydrogen (secondary N) is 2. The quantitative estimate of drug-likeness (QED) is 0.688. The maximum absolute atomic E-state index is 13.1. The maximum atomic E-state index is 13.1. The Morgan fingerprint density at radius 2 is 1.73 bits per heavy atom. The van der Waals surface area contributed by atoms with Crippen LogP contribution in [0, 0.1) is 5.92 Å². The third-order valence-corrected chi connectivity index (χ3v) is 5.19. The molecule has 0 saturated heterocycles. The molecule has 0 bridgehead atoms. The summed E-state index contributed by atoms with van der Waals surface area (Å²) in [4.78, 5) is 25.7. The molecule has 0 aliphatic carbocycles. The number of ether oxygens (including phenoxy) is 2. The first-order chi connectivity index (χ1) is 14.4. The molecule has 1 aliphatic rings. The van der Waals surface area contributed by atoms with E-state index in [2.05, 4.69) is 10.6 Å². The number of rotatable bonds is 7. The fraction of sp³-hybridized carbons (Fsp3) is 0.333. The lowest BCUT2D eigenvalue weighted by Gasteiger charge is -2.24. The second-order valence-electron chi connectivity index (χ2n) is 7.56. The molecule has 2 aromatic rings. The average molecular weight is 408 g/mol.